The van der Waals surface area contributed by atoms with Crippen molar-refractivity contribution in [1.29, 1.82) is 0 Å². The molecule has 3 unspecified atom stereocenters. The Labute approximate surface area is 82.2 Å². The normalized spacial score (nSPS) is 89.2. The maximum atomic E-state index is 8.55. The molecule has 1 heteroatoms. The highest BCUT2D eigenvalue weighted by Crippen LogP contribution is 2.46. The fourth-order valence-corrected chi connectivity index (χ4v) is 1.25. The lowest BCUT2D eigenvalue weighted by molar-refractivity contribution is 0.170. The second-order valence-electron chi connectivity index (χ2n) is 3.88. The van der Waals surface area contributed by atoms with Gasteiger partial charge in [-0.15, -0.1) is 0 Å². The van der Waals surface area contributed by atoms with Gasteiger partial charge in [-0.2, -0.15) is 0 Å². The first kappa shape index (κ1) is 2.47. The molecule has 0 amide bonds. The van der Waals surface area contributed by atoms with Gasteiger partial charge in [0.05, 0.1) is 0 Å². The van der Waals surface area contributed by atoms with E-state index in [0.717, 1.165) is 0 Å². The molecule has 1 nitrogen and oxygen atoms in total. The van der Waals surface area contributed by atoms with Gasteiger partial charge < -0.3 is 5.32 Å². The summed E-state index contributed by atoms with van der Waals surface area (Å²) in [5.41, 5.74) is -1.23. The van der Waals surface area contributed by atoms with Gasteiger partial charge in [-0.3, -0.25) is 0 Å². The lowest BCUT2D eigenvalue weighted by atomic mass is 9.74. The third-order valence-corrected chi connectivity index (χ3v) is 1.81. The quantitative estimate of drug-likeness (QED) is 0.575. The van der Waals surface area contributed by atoms with E-state index in [9.17, 15) is 0 Å². The van der Waals surface area contributed by atoms with Crippen molar-refractivity contribution in [2.75, 3.05) is 6.50 Å². The van der Waals surface area contributed by atoms with Crippen LogP contribution in [0.4, 0.5) is 0 Å². The van der Waals surface area contributed by atoms with Gasteiger partial charge in [0.15, 0.2) is 0 Å². The molecule has 1 saturated carbocycles. The maximum absolute atomic E-state index is 8.55. The Morgan fingerprint density at radius 2 is 2.18 bits per heavy atom. The van der Waals surface area contributed by atoms with Gasteiger partial charge in [0.2, 0.25) is 0 Å². The van der Waals surface area contributed by atoms with Crippen LogP contribution in [0.2, 0.25) is 0 Å². The molecule has 2 fully saturated rings. The average Bonchev–Trinajstić information content (AvgIpc) is 2.35. The highest BCUT2D eigenvalue weighted by Gasteiger charge is 2.44. The molecule has 1 aliphatic heterocycles. The number of piperidine rings is 1. The van der Waals surface area contributed by atoms with E-state index in [2.05, 4.69) is 0 Å². The Bertz CT molecular complexity index is 468. The highest BCUT2D eigenvalue weighted by molar-refractivity contribution is 4.98. The van der Waals surface area contributed by atoms with E-state index in [-0.39, 0.29) is 0 Å². The van der Waals surface area contributed by atoms with E-state index in [1.165, 1.54) is 20.8 Å². The molecule has 2 rings (SSSR count). The van der Waals surface area contributed by atoms with Crippen LogP contribution in [0.15, 0.2) is 0 Å². The number of hydrogen-bond acceptors (Lipinski definition) is 1. The minimum atomic E-state index is -2.86. The fraction of sp³-hybridized carbons (Fsp3) is 1.00. The van der Waals surface area contributed by atoms with Crippen LogP contribution in [-0.4, -0.2) is 12.5 Å². The van der Waals surface area contributed by atoms with Crippen LogP contribution >= 0.6 is 0 Å². The third-order valence-electron chi connectivity index (χ3n) is 1.81. The Kier molecular flexibility index (Phi) is 0.500. The van der Waals surface area contributed by atoms with Gasteiger partial charge >= 0.3 is 0 Å². The van der Waals surface area contributed by atoms with E-state index in [1.807, 2.05) is 5.32 Å². The average molecular weight is 162 g/mol. The molecule has 1 N–H and O–H groups in total. The predicted molar refractivity (Wildman–Crippen MR) is 47.5 cm³/mol. The molecule has 2 bridgehead atoms. The van der Waals surface area contributed by atoms with Crippen molar-refractivity contribution in [2.45, 2.75) is 39.5 Å². The predicted octanol–water partition coefficient (Wildman–Crippen LogP) is 2.03. The zero-order chi connectivity index (χ0) is 16.2. The molecule has 11 heavy (non-hydrogen) atoms. The number of hydrogen-bond donors (Lipinski definition) is 1. The van der Waals surface area contributed by atoms with Gasteiger partial charge in [-0.1, -0.05) is 20.8 Å². The van der Waals surface area contributed by atoms with Crippen LogP contribution in [0.5, 0.6) is 0 Å². The number of nitrogens with one attached hydrogen (secondary N) is 1. The van der Waals surface area contributed by atoms with Crippen molar-refractivity contribution >= 4 is 0 Å². The molecule has 1 saturated heterocycles. The molecule has 0 spiro atoms. The lowest BCUT2D eigenvalue weighted by Gasteiger charge is -2.34. The summed E-state index contributed by atoms with van der Waals surface area (Å²) in [7, 11) is 0. The highest BCUT2D eigenvalue weighted by atomic mass is 15.0. The summed E-state index contributed by atoms with van der Waals surface area (Å²) in [5, 5.41) is 2.00. The van der Waals surface area contributed by atoms with E-state index < -0.39 is 42.5 Å². The maximum Gasteiger partial charge on any atom is 0.0465 e. The first-order valence-electron chi connectivity index (χ1n) is 8.25. The molecule has 2 aliphatic rings. The monoisotopic (exact) mass is 162 g/mol. The Morgan fingerprint density at radius 3 is 2.64 bits per heavy atom. The Morgan fingerprint density at radius 1 is 1.45 bits per heavy atom. The summed E-state index contributed by atoms with van der Waals surface area (Å²) in [6, 6.07) is -2.69. The second kappa shape index (κ2) is 2.22. The van der Waals surface area contributed by atoms with Crippen molar-refractivity contribution in [3.05, 3.63) is 0 Å². The van der Waals surface area contributed by atoms with Gasteiger partial charge in [-0.25, -0.2) is 0 Å². The number of rotatable bonds is 0. The molecule has 0 aromatic rings. The molecule has 0 aromatic carbocycles. The SMILES string of the molecule is [2H]C1([2H])NC2([2H])C([2H])([2H])C([2H])(C(C)(C)C)C1([2H])C2([2H])[2H]. The first-order chi connectivity index (χ1) is 8.46. The van der Waals surface area contributed by atoms with E-state index in [1.54, 1.807) is 0 Å². The van der Waals surface area contributed by atoms with Crippen LogP contribution in [-0.2, 0) is 0 Å². The van der Waals surface area contributed by atoms with E-state index in [4.69, 9.17) is 12.3 Å². The first-order valence-corrected chi connectivity index (χ1v) is 3.75. The molecule has 1 aliphatic carbocycles. The van der Waals surface area contributed by atoms with Crippen LogP contribution < -0.4 is 5.32 Å². The molecule has 3 atom stereocenters. The molecule has 1 heterocycles. The van der Waals surface area contributed by atoms with Crippen LogP contribution in [0.1, 0.15) is 45.9 Å². The van der Waals surface area contributed by atoms with E-state index >= 15 is 0 Å². The molecular weight excluding hydrogens is 134 g/mol. The van der Waals surface area contributed by atoms with Gasteiger partial charge in [0, 0.05) is 18.4 Å². The van der Waals surface area contributed by atoms with Crippen molar-refractivity contribution in [3.63, 3.8) is 0 Å². The zero-order valence-electron chi connectivity index (χ0n) is 16.0. The summed E-state index contributed by atoms with van der Waals surface area (Å²) < 4.78 is 73.2. The van der Waals surface area contributed by atoms with Crippen molar-refractivity contribution < 1.29 is 12.3 Å². The van der Waals surface area contributed by atoms with Crippen LogP contribution in [0, 0.1) is 17.2 Å². The van der Waals surface area contributed by atoms with Crippen molar-refractivity contribution in [1.82, 2.24) is 5.32 Å². The summed E-state index contributed by atoms with van der Waals surface area (Å²) in [6.07, 6.45) is -5.60. The standard InChI is InChI=1S/C10H19N/c1-10(2,3)9-5-8-4-7(9)6-11-8/h7-9,11H,4-6H2,1-3H3/i4D2,5D2,6D2,7D,8D,9D. The molecule has 64 valence electrons. The largest absolute Gasteiger partial charge is 0.314 e. The fourth-order valence-electron chi connectivity index (χ4n) is 1.25. The minimum Gasteiger partial charge on any atom is -0.314 e. The van der Waals surface area contributed by atoms with Gasteiger partial charge in [0.25, 0.3) is 0 Å². The zero-order valence-corrected chi connectivity index (χ0v) is 7.00. The van der Waals surface area contributed by atoms with Crippen molar-refractivity contribution in [3.8, 4) is 0 Å². The minimum absolute atomic E-state index is 1.23. The van der Waals surface area contributed by atoms with Crippen LogP contribution in [0.3, 0.4) is 0 Å². The smallest absolute Gasteiger partial charge is 0.0465 e. The second-order valence-corrected chi connectivity index (χ2v) is 3.88. The summed E-state index contributed by atoms with van der Waals surface area (Å²) in [4.78, 5) is 0. The molecular formula is C10H19N. The third kappa shape index (κ3) is 1.20. The Balaban J connectivity index is 2.93. The van der Waals surface area contributed by atoms with Gasteiger partial charge in [-0.05, 0) is 36.4 Å². The number of fused-ring (bicyclic) bond motifs is 2. The summed E-state index contributed by atoms with van der Waals surface area (Å²) >= 11 is 0. The Hall–Kier alpha value is -0.0400. The summed E-state index contributed by atoms with van der Waals surface area (Å²) in [6.45, 7) is 1.75. The topological polar surface area (TPSA) is 12.0 Å². The van der Waals surface area contributed by atoms with Gasteiger partial charge in [0.1, 0.15) is 0 Å². The van der Waals surface area contributed by atoms with Crippen molar-refractivity contribution in [2.24, 2.45) is 17.2 Å². The summed E-state index contributed by atoms with van der Waals surface area (Å²) in [5.74, 6) is -5.19. The molecule has 0 aromatic heterocycles. The lowest BCUT2D eigenvalue weighted by Crippen LogP contribution is -2.35. The molecule has 0 radical (unpaired) electrons. The van der Waals surface area contributed by atoms with E-state index in [0.29, 0.717) is 0 Å². The van der Waals surface area contributed by atoms with Crippen LogP contribution in [0.25, 0.3) is 0 Å².